The fraction of sp³-hybridized carbons (Fsp3) is 0.333. The van der Waals surface area contributed by atoms with E-state index in [1.165, 1.54) is 11.1 Å². The van der Waals surface area contributed by atoms with Crippen LogP contribution in [0.25, 0.3) is 22.5 Å². The molecule has 0 spiro atoms. The first-order valence-corrected chi connectivity index (χ1v) is 16.4. The molecule has 0 radical (unpaired) electrons. The van der Waals surface area contributed by atoms with Crippen molar-refractivity contribution in [1.82, 2.24) is 9.97 Å². The number of aromatic hydroxyl groups is 1. The summed E-state index contributed by atoms with van der Waals surface area (Å²) in [5.41, 5.74) is 9.60. The topological polar surface area (TPSA) is 49.2 Å². The quantitative estimate of drug-likeness (QED) is 0.167. The van der Waals surface area contributed by atoms with E-state index < -0.39 is 0 Å². The van der Waals surface area contributed by atoms with Gasteiger partial charge in [-0.2, -0.15) is 0 Å². The number of phenolic OH excluding ortho intramolecular Hbond substituents is 1. The Balaban J connectivity index is 0.00000500. The molecule has 248 valence electrons. The zero-order valence-corrected chi connectivity index (χ0v) is 31.7. The van der Waals surface area contributed by atoms with Gasteiger partial charge in [0.1, 0.15) is 5.82 Å². The molecule has 0 aliphatic rings. The molecule has 0 aliphatic heterocycles. The van der Waals surface area contributed by atoms with Gasteiger partial charge in [0, 0.05) is 32.9 Å². The Bertz CT molecular complexity index is 1810. The smallest absolute Gasteiger partial charge is 0.136 e. The number of rotatable bonds is 7. The van der Waals surface area contributed by atoms with Crippen molar-refractivity contribution in [1.29, 1.82) is 0 Å². The number of nitrogens with zero attached hydrogens (tertiary/aromatic N) is 3. The molecule has 0 unspecified atom stereocenters. The van der Waals surface area contributed by atoms with Crippen molar-refractivity contribution >= 4 is 17.2 Å². The van der Waals surface area contributed by atoms with E-state index in [4.69, 9.17) is 4.98 Å². The summed E-state index contributed by atoms with van der Waals surface area (Å²) in [6.07, 6.45) is 1.80. The van der Waals surface area contributed by atoms with Crippen LogP contribution in [0.4, 0.5) is 17.2 Å². The van der Waals surface area contributed by atoms with Crippen LogP contribution in [0.1, 0.15) is 103 Å². The monoisotopic (exact) mass is 805 g/mol. The van der Waals surface area contributed by atoms with Crippen molar-refractivity contribution in [2.45, 2.75) is 91.9 Å². The van der Waals surface area contributed by atoms with E-state index in [2.05, 4.69) is 122 Å². The summed E-state index contributed by atoms with van der Waals surface area (Å²) >= 11 is 0. The van der Waals surface area contributed by atoms with E-state index in [1.807, 2.05) is 48.5 Å². The van der Waals surface area contributed by atoms with Crippen molar-refractivity contribution in [3.8, 4) is 28.3 Å². The van der Waals surface area contributed by atoms with E-state index in [0.717, 1.165) is 50.8 Å². The van der Waals surface area contributed by atoms with E-state index in [0.29, 0.717) is 11.8 Å². The van der Waals surface area contributed by atoms with Gasteiger partial charge >= 0.3 is 0 Å². The molecular weight excluding hydrogens is 758 g/mol. The first-order valence-electron chi connectivity index (χ1n) is 16.4. The number of aromatic nitrogens is 2. The molecule has 0 bridgehead atoms. The molecular formula is C42H48N3OPt-. The second kappa shape index (κ2) is 14.2. The number of phenols is 1. The molecule has 3 aromatic carbocycles. The standard InChI is InChI=1S/C42H48N3O.Pt/c1-27(2)30-21-31(28(3)4)24-34(23-30)45(39-19-14-18-37(44-39)36-17-11-12-20-43-36)33-16-13-15-29(22-33)40-35(42(8,9)10)25-32(26-38(40)46)41(5,6)7;/h11-21,23-28,46H,1-10H3;/q-1;. The Morgan fingerprint density at radius 2 is 1.34 bits per heavy atom. The predicted molar refractivity (Wildman–Crippen MR) is 194 cm³/mol. The molecule has 5 rings (SSSR count). The second-order valence-electron chi connectivity index (χ2n) is 15.0. The van der Waals surface area contributed by atoms with Crippen LogP contribution in [0.3, 0.4) is 0 Å². The van der Waals surface area contributed by atoms with E-state index in [1.54, 1.807) is 6.20 Å². The molecule has 0 saturated carbocycles. The van der Waals surface area contributed by atoms with Crippen LogP contribution in [-0.2, 0) is 31.9 Å². The Labute approximate surface area is 296 Å². The predicted octanol–water partition coefficient (Wildman–Crippen LogP) is 11.6. The minimum atomic E-state index is -0.200. The van der Waals surface area contributed by atoms with Crippen LogP contribution in [-0.4, -0.2) is 15.1 Å². The summed E-state index contributed by atoms with van der Waals surface area (Å²) in [4.78, 5) is 11.9. The molecule has 0 atom stereocenters. The van der Waals surface area contributed by atoms with Crippen molar-refractivity contribution in [2.24, 2.45) is 0 Å². The molecule has 5 aromatic rings. The van der Waals surface area contributed by atoms with Gasteiger partial charge in [-0.1, -0.05) is 105 Å². The zero-order chi connectivity index (χ0) is 33.4. The summed E-state index contributed by atoms with van der Waals surface area (Å²) in [6, 6.07) is 32.9. The number of hydrogen-bond acceptors (Lipinski definition) is 4. The van der Waals surface area contributed by atoms with Crippen LogP contribution in [0.2, 0.25) is 0 Å². The minimum absolute atomic E-state index is 0. The Morgan fingerprint density at radius 3 is 1.91 bits per heavy atom. The first-order chi connectivity index (χ1) is 21.6. The van der Waals surface area contributed by atoms with E-state index in [-0.39, 0.29) is 37.6 Å². The summed E-state index contributed by atoms with van der Waals surface area (Å²) in [7, 11) is 0. The third kappa shape index (κ3) is 8.04. The van der Waals surface area contributed by atoms with Crippen molar-refractivity contribution < 1.29 is 26.2 Å². The average Bonchev–Trinajstić information content (AvgIpc) is 3.00. The van der Waals surface area contributed by atoms with E-state index in [9.17, 15) is 5.11 Å². The van der Waals surface area contributed by atoms with Gasteiger partial charge < -0.3 is 10.0 Å². The molecule has 47 heavy (non-hydrogen) atoms. The number of hydrogen-bond donors (Lipinski definition) is 1. The Hall–Kier alpha value is -3.75. The molecule has 1 N–H and O–H groups in total. The molecule has 0 saturated heterocycles. The van der Waals surface area contributed by atoms with Crippen LogP contribution in [0.15, 0.2) is 91.1 Å². The van der Waals surface area contributed by atoms with Crippen LogP contribution < -0.4 is 4.90 Å². The number of anilines is 3. The average molecular weight is 806 g/mol. The maximum Gasteiger partial charge on any atom is 0.136 e. The maximum absolute atomic E-state index is 11.6. The summed E-state index contributed by atoms with van der Waals surface area (Å²) in [5, 5.41) is 11.6. The third-order valence-electron chi connectivity index (χ3n) is 8.53. The second-order valence-corrected chi connectivity index (χ2v) is 15.0. The number of benzene rings is 3. The SMILES string of the molecule is CC(C)c1cc(C(C)C)cc(N(c2[c-]c(-c3c(O)cc(C(C)(C)C)cc3C(C)(C)C)ccc2)c2cccc(-c3ccccn3)n2)c1.[Pt]. The van der Waals surface area contributed by atoms with Crippen LogP contribution in [0, 0.1) is 6.07 Å². The van der Waals surface area contributed by atoms with Gasteiger partial charge in [-0.25, -0.2) is 4.98 Å². The summed E-state index contributed by atoms with van der Waals surface area (Å²) < 4.78 is 0. The molecule has 0 aliphatic carbocycles. The first kappa shape index (κ1) is 36.1. The van der Waals surface area contributed by atoms with Gasteiger partial charge in [-0.3, -0.25) is 4.98 Å². The molecule has 0 amide bonds. The maximum atomic E-state index is 11.6. The van der Waals surface area contributed by atoms with Gasteiger partial charge in [0.05, 0.1) is 17.1 Å². The van der Waals surface area contributed by atoms with Gasteiger partial charge in [-0.05, 0) is 87.5 Å². The molecule has 2 aromatic heterocycles. The fourth-order valence-corrected chi connectivity index (χ4v) is 5.72. The fourth-order valence-electron chi connectivity index (χ4n) is 5.72. The zero-order valence-electron chi connectivity index (χ0n) is 29.4. The Kier molecular flexibility index (Phi) is 10.9. The summed E-state index contributed by atoms with van der Waals surface area (Å²) in [5.74, 6) is 1.76. The Morgan fingerprint density at radius 1 is 0.702 bits per heavy atom. The van der Waals surface area contributed by atoms with Crippen LogP contribution >= 0.6 is 0 Å². The van der Waals surface area contributed by atoms with Crippen molar-refractivity contribution in [3.63, 3.8) is 0 Å². The van der Waals surface area contributed by atoms with Gasteiger partial charge in [0.25, 0.3) is 0 Å². The minimum Gasteiger partial charge on any atom is -0.517 e. The van der Waals surface area contributed by atoms with Crippen LogP contribution in [0.5, 0.6) is 5.75 Å². The molecule has 2 heterocycles. The molecule has 0 fully saturated rings. The third-order valence-corrected chi connectivity index (χ3v) is 8.53. The van der Waals surface area contributed by atoms with Crippen molar-refractivity contribution in [3.05, 3.63) is 119 Å². The van der Waals surface area contributed by atoms with Crippen molar-refractivity contribution in [2.75, 3.05) is 4.90 Å². The van der Waals surface area contributed by atoms with Gasteiger partial charge in [0.2, 0.25) is 0 Å². The molecule has 4 nitrogen and oxygen atoms in total. The normalized spacial score (nSPS) is 11.9. The van der Waals surface area contributed by atoms with Gasteiger partial charge in [0.15, 0.2) is 0 Å². The molecule has 5 heteroatoms. The van der Waals surface area contributed by atoms with Gasteiger partial charge in [-0.15, -0.1) is 29.8 Å². The summed E-state index contributed by atoms with van der Waals surface area (Å²) in [6.45, 7) is 22.1. The largest absolute Gasteiger partial charge is 0.517 e. The number of pyridine rings is 2. The van der Waals surface area contributed by atoms with E-state index >= 15 is 0 Å².